The summed E-state index contributed by atoms with van der Waals surface area (Å²) >= 11 is 13.3. The molecular weight excluding hydrogens is 387 g/mol. The van der Waals surface area contributed by atoms with Crippen LogP contribution in [0, 0.1) is 13.8 Å². The van der Waals surface area contributed by atoms with Crippen molar-refractivity contribution in [3.63, 3.8) is 0 Å². The Hall–Kier alpha value is -2.14. The minimum atomic E-state index is -0.266. The lowest BCUT2D eigenvalue weighted by Gasteiger charge is -2.03. The van der Waals surface area contributed by atoms with Crippen molar-refractivity contribution >= 4 is 51.7 Å². The number of hydrogen-bond donors (Lipinski definition) is 1. The fourth-order valence-corrected chi connectivity index (χ4v) is 3.69. The second-order valence-electron chi connectivity index (χ2n) is 5.84. The summed E-state index contributed by atoms with van der Waals surface area (Å²) in [4.78, 5) is 16.6. The second kappa shape index (κ2) is 8.04. The number of rotatable bonds is 4. The van der Waals surface area contributed by atoms with E-state index < -0.39 is 0 Å². The standard InChI is InChI=1S/C20H16Cl2N2OS/c1-12-3-7-16(13(2)9-12)18-11-26-20(23-18)24-19(25)8-5-14-4-6-15(21)10-17(14)22/h3-11H,1-2H3,(H,23,24,25)/b8-5+. The second-order valence-corrected chi connectivity index (χ2v) is 7.55. The molecule has 26 heavy (non-hydrogen) atoms. The van der Waals surface area contributed by atoms with Gasteiger partial charge in [0, 0.05) is 27.1 Å². The monoisotopic (exact) mass is 402 g/mol. The van der Waals surface area contributed by atoms with Crippen molar-refractivity contribution in [2.24, 2.45) is 0 Å². The van der Waals surface area contributed by atoms with E-state index >= 15 is 0 Å². The van der Waals surface area contributed by atoms with Gasteiger partial charge in [-0.3, -0.25) is 10.1 Å². The third-order valence-corrected chi connectivity index (χ3v) is 5.09. The maximum Gasteiger partial charge on any atom is 0.250 e. The van der Waals surface area contributed by atoms with Crippen LogP contribution in [0.15, 0.2) is 47.9 Å². The van der Waals surface area contributed by atoms with Gasteiger partial charge in [0.15, 0.2) is 5.13 Å². The number of nitrogens with one attached hydrogen (secondary N) is 1. The van der Waals surface area contributed by atoms with Gasteiger partial charge in [-0.15, -0.1) is 11.3 Å². The van der Waals surface area contributed by atoms with Crippen molar-refractivity contribution in [2.45, 2.75) is 13.8 Å². The van der Waals surface area contributed by atoms with E-state index in [0.717, 1.165) is 22.4 Å². The Balaban J connectivity index is 1.70. The molecule has 0 radical (unpaired) electrons. The Morgan fingerprint density at radius 2 is 1.96 bits per heavy atom. The molecule has 3 aromatic rings. The van der Waals surface area contributed by atoms with Crippen LogP contribution in [-0.4, -0.2) is 10.9 Å². The molecule has 1 aromatic heterocycles. The van der Waals surface area contributed by atoms with Crippen LogP contribution in [0.1, 0.15) is 16.7 Å². The summed E-state index contributed by atoms with van der Waals surface area (Å²) in [6.45, 7) is 4.11. The lowest BCUT2D eigenvalue weighted by molar-refractivity contribution is -0.111. The fraction of sp³-hybridized carbons (Fsp3) is 0.100. The number of halogens is 2. The normalized spacial score (nSPS) is 11.1. The van der Waals surface area contributed by atoms with Crippen molar-refractivity contribution in [3.05, 3.63) is 74.6 Å². The maximum atomic E-state index is 12.1. The Kier molecular flexibility index (Phi) is 5.77. The highest BCUT2D eigenvalue weighted by Crippen LogP contribution is 2.28. The van der Waals surface area contributed by atoms with Crippen LogP contribution in [0.4, 0.5) is 5.13 Å². The van der Waals surface area contributed by atoms with E-state index in [1.54, 1.807) is 24.3 Å². The van der Waals surface area contributed by atoms with E-state index in [1.165, 1.54) is 23.0 Å². The van der Waals surface area contributed by atoms with Gasteiger partial charge in [-0.05, 0) is 43.2 Å². The van der Waals surface area contributed by atoms with Gasteiger partial charge in [0.2, 0.25) is 5.91 Å². The zero-order valence-corrected chi connectivity index (χ0v) is 16.5. The predicted molar refractivity (Wildman–Crippen MR) is 111 cm³/mol. The zero-order chi connectivity index (χ0) is 18.7. The Labute approximate surface area is 166 Å². The number of aryl methyl sites for hydroxylation is 2. The average Bonchev–Trinajstić information content (AvgIpc) is 3.02. The molecule has 0 bridgehead atoms. The highest BCUT2D eigenvalue weighted by atomic mass is 35.5. The maximum absolute atomic E-state index is 12.1. The molecule has 1 heterocycles. The molecule has 3 rings (SSSR count). The highest BCUT2D eigenvalue weighted by Gasteiger charge is 2.09. The molecule has 0 saturated heterocycles. The first kappa shape index (κ1) is 18.6. The number of hydrogen-bond acceptors (Lipinski definition) is 3. The van der Waals surface area contributed by atoms with Gasteiger partial charge in [-0.2, -0.15) is 0 Å². The van der Waals surface area contributed by atoms with Crippen LogP contribution < -0.4 is 5.32 Å². The first-order valence-corrected chi connectivity index (χ1v) is 9.53. The van der Waals surface area contributed by atoms with Crippen LogP contribution >= 0.6 is 34.5 Å². The number of thiazole rings is 1. The minimum absolute atomic E-state index is 0.266. The van der Waals surface area contributed by atoms with Gasteiger partial charge in [0.05, 0.1) is 5.69 Å². The number of aromatic nitrogens is 1. The Morgan fingerprint density at radius 3 is 2.69 bits per heavy atom. The van der Waals surface area contributed by atoms with Crippen LogP contribution in [0.25, 0.3) is 17.3 Å². The first-order valence-electron chi connectivity index (χ1n) is 7.89. The molecule has 1 amide bonds. The predicted octanol–water partition coefficient (Wildman–Crippen LogP) is 6.39. The summed E-state index contributed by atoms with van der Waals surface area (Å²) in [5, 5.41) is 6.31. The largest absolute Gasteiger partial charge is 0.298 e. The number of amides is 1. The number of carbonyl (C=O) groups is 1. The van der Waals surface area contributed by atoms with Gasteiger partial charge in [-0.1, -0.05) is 53.0 Å². The van der Waals surface area contributed by atoms with Crippen molar-refractivity contribution in [2.75, 3.05) is 5.32 Å². The number of anilines is 1. The Bertz CT molecular complexity index is 995. The summed E-state index contributed by atoms with van der Waals surface area (Å²) in [5.74, 6) is -0.266. The van der Waals surface area contributed by atoms with Crippen molar-refractivity contribution in [1.29, 1.82) is 0 Å². The van der Waals surface area contributed by atoms with Crippen molar-refractivity contribution in [3.8, 4) is 11.3 Å². The van der Waals surface area contributed by atoms with Crippen LogP contribution in [0.5, 0.6) is 0 Å². The third kappa shape index (κ3) is 4.52. The van der Waals surface area contributed by atoms with Gasteiger partial charge in [0.1, 0.15) is 0 Å². The lowest BCUT2D eigenvalue weighted by atomic mass is 10.0. The van der Waals surface area contributed by atoms with Gasteiger partial charge in [0.25, 0.3) is 0 Å². The topological polar surface area (TPSA) is 42.0 Å². The summed E-state index contributed by atoms with van der Waals surface area (Å²) < 4.78 is 0. The molecule has 3 nitrogen and oxygen atoms in total. The van der Waals surface area contributed by atoms with Crippen molar-refractivity contribution in [1.82, 2.24) is 4.98 Å². The van der Waals surface area contributed by atoms with E-state index in [9.17, 15) is 4.79 Å². The molecule has 0 saturated carbocycles. The van der Waals surface area contributed by atoms with Crippen molar-refractivity contribution < 1.29 is 4.79 Å². The number of benzene rings is 2. The molecular formula is C20H16Cl2N2OS. The van der Waals surface area contributed by atoms with Crippen LogP contribution in [0.3, 0.4) is 0 Å². The molecule has 0 aliphatic rings. The lowest BCUT2D eigenvalue weighted by Crippen LogP contribution is -2.07. The van der Waals surface area contributed by atoms with E-state index in [4.69, 9.17) is 23.2 Å². The molecule has 6 heteroatoms. The van der Waals surface area contributed by atoms with E-state index in [0.29, 0.717) is 15.2 Å². The minimum Gasteiger partial charge on any atom is -0.298 e. The third-order valence-electron chi connectivity index (χ3n) is 3.77. The first-order chi connectivity index (χ1) is 12.4. The zero-order valence-electron chi connectivity index (χ0n) is 14.2. The number of carbonyl (C=O) groups excluding carboxylic acids is 1. The molecule has 2 aromatic carbocycles. The van der Waals surface area contributed by atoms with Crippen LogP contribution in [-0.2, 0) is 4.79 Å². The summed E-state index contributed by atoms with van der Waals surface area (Å²) in [6.07, 6.45) is 3.07. The molecule has 1 N–H and O–H groups in total. The Morgan fingerprint density at radius 1 is 1.15 bits per heavy atom. The van der Waals surface area contributed by atoms with Crippen LogP contribution in [0.2, 0.25) is 10.0 Å². The highest BCUT2D eigenvalue weighted by molar-refractivity contribution is 7.14. The summed E-state index contributed by atoms with van der Waals surface area (Å²) in [5.41, 5.74) is 5.01. The molecule has 0 aliphatic carbocycles. The van der Waals surface area contributed by atoms with Gasteiger partial charge in [-0.25, -0.2) is 4.98 Å². The summed E-state index contributed by atoms with van der Waals surface area (Å²) in [7, 11) is 0. The van der Waals surface area contributed by atoms with E-state index in [1.807, 2.05) is 11.4 Å². The molecule has 0 atom stereocenters. The quantitative estimate of drug-likeness (QED) is 0.513. The average molecular weight is 403 g/mol. The summed E-state index contributed by atoms with van der Waals surface area (Å²) in [6, 6.07) is 11.3. The van der Waals surface area contributed by atoms with E-state index in [-0.39, 0.29) is 5.91 Å². The van der Waals surface area contributed by atoms with Gasteiger partial charge >= 0.3 is 0 Å². The van der Waals surface area contributed by atoms with E-state index in [2.05, 4.69) is 36.3 Å². The fourth-order valence-electron chi connectivity index (χ4n) is 2.51. The smallest absolute Gasteiger partial charge is 0.250 e. The van der Waals surface area contributed by atoms with Gasteiger partial charge < -0.3 is 0 Å². The molecule has 0 unspecified atom stereocenters. The number of nitrogens with zero attached hydrogens (tertiary/aromatic N) is 1. The SMILES string of the molecule is Cc1ccc(-c2csc(NC(=O)/C=C/c3ccc(Cl)cc3Cl)n2)c(C)c1. The molecule has 132 valence electrons. The molecule has 0 aliphatic heterocycles. The molecule has 0 spiro atoms. The molecule has 0 fully saturated rings.